The molecule has 0 aromatic rings. The first-order chi connectivity index (χ1) is 12.6. The standard InChI is InChI=1S/C15H26N6O6/c1-7(22)11(21-12(24)8-4-5-10(23)19-8)13(25)20-9(14(26)27)3-2-6-18-15(16)17/h7-9,11,22H,2-6H2,1H3,(H,19,23)(H,20,25)(H,21,24)(H,26,27)(H4,16,17,18). The Balaban J connectivity index is 2.65. The number of aliphatic imine (C=N–C) groups is 1. The molecule has 4 atom stereocenters. The van der Waals surface area contributed by atoms with Crippen LogP contribution in [0, 0.1) is 0 Å². The van der Waals surface area contributed by atoms with Crippen molar-refractivity contribution in [2.24, 2.45) is 16.5 Å². The summed E-state index contributed by atoms with van der Waals surface area (Å²) in [5, 5.41) is 26.1. The molecule has 1 aliphatic rings. The molecule has 0 radical (unpaired) electrons. The molecule has 0 bridgehead atoms. The molecule has 0 saturated carbocycles. The first-order valence-electron chi connectivity index (χ1n) is 8.48. The van der Waals surface area contributed by atoms with E-state index in [-0.39, 0.29) is 37.7 Å². The minimum atomic E-state index is -1.37. The fourth-order valence-electron chi connectivity index (χ4n) is 2.49. The number of carbonyl (C=O) groups excluding carboxylic acids is 3. The van der Waals surface area contributed by atoms with Gasteiger partial charge in [0, 0.05) is 13.0 Å². The summed E-state index contributed by atoms with van der Waals surface area (Å²) in [6.45, 7) is 1.48. The highest BCUT2D eigenvalue weighted by molar-refractivity contribution is 5.95. The molecule has 0 aromatic carbocycles. The summed E-state index contributed by atoms with van der Waals surface area (Å²) in [6, 6.07) is -3.40. The van der Waals surface area contributed by atoms with E-state index < -0.39 is 42.0 Å². The van der Waals surface area contributed by atoms with Crippen LogP contribution >= 0.6 is 0 Å². The number of carboxylic acid groups (broad SMARTS) is 1. The Morgan fingerprint density at radius 3 is 2.48 bits per heavy atom. The summed E-state index contributed by atoms with van der Waals surface area (Å²) in [4.78, 5) is 50.7. The van der Waals surface area contributed by atoms with Crippen LogP contribution in [0.4, 0.5) is 0 Å². The Morgan fingerprint density at radius 2 is 2.00 bits per heavy atom. The minimum Gasteiger partial charge on any atom is -0.480 e. The molecule has 1 saturated heterocycles. The third-order valence-electron chi connectivity index (χ3n) is 3.93. The van der Waals surface area contributed by atoms with Gasteiger partial charge in [-0.2, -0.15) is 0 Å². The van der Waals surface area contributed by atoms with Crippen molar-refractivity contribution in [3.05, 3.63) is 0 Å². The number of rotatable bonds is 10. The number of aliphatic carboxylic acids is 1. The van der Waals surface area contributed by atoms with Crippen LogP contribution in [0.5, 0.6) is 0 Å². The van der Waals surface area contributed by atoms with Crippen LogP contribution in [0.3, 0.4) is 0 Å². The fourth-order valence-corrected chi connectivity index (χ4v) is 2.49. The quantitative estimate of drug-likeness (QED) is 0.115. The van der Waals surface area contributed by atoms with Crippen LogP contribution in [0.1, 0.15) is 32.6 Å². The van der Waals surface area contributed by atoms with Gasteiger partial charge in [-0.3, -0.25) is 19.4 Å². The maximum atomic E-state index is 12.4. The van der Waals surface area contributed by atoms with Crippen molar-refractivity contribution in [3.63, 3.8) is 0 Å². The lowest BCUT2D eigenvalue weighted by Gasteiger charge is -2.24. The van der Waals surface area contributed by atoms with Gasteiger partial charge in [-0.1, -0.05) is 0 Å². The number of nitrogens with one attached hydrogen (secondary N) is 3. The van der Waals surface area contributed by atoms with Crippen LogP contribution in [-0.4, -0.2) is 70.6 Å². The number of guanidine groups is 1. The molecule has 12 nitrogen and oxygen atoms in total. The minimum absolute atomic E-state index is 0.0526. The summed E-state index contributed by atoms with van der Waals surface area (Å²) in [6.07, 6.45) is -0.449. The van der Waals surface area contributed by atoms with E-state index in [0.717, 1.165) is 0 Å². The van der Waals surface area contributed by atoms with Crippen molar-refractivity contribution in [1.29, 1.82) is 0 Å². The number of aliphatic hydroxyl groups is 1. The zero-order chi connectivity index (χ0) is 20.6. The molecular formula is C15H26N6O6. The van der Waals surface area contributed by atoms with Crippen LogP contribution < -0.4 is 27.4 Å². The van der Waals surface area contributed by atoms with E-state index in [1.54, 1.807) is 0 Å². The highest BCUT2D eigenvalue weighted by Gasteiger charge is 2.33. The average Bonchev–Trinajstić information content (AvgIpc) is 3.00. The average molecular weight is 386 g/mol. The van der Waals surface area contributed by atoms with Crippen LogP contribution in [-0.2, 0) is 19.2 Å². The lowest BCUT2D eigenvalue weighted by molar-refractivity contribution is -0.143. The van der Waals surface area contributed by atoms with Crippen LogP contribution in [0.15, 0.2) is 4.99 Å². The second-order valence-electron chi connectivity index (χ2n) is 6.23. The maximum Gasteiger partial charge on any atom is 0.326 e. The van der Waals surface area contributed by atoms with Gasteiger partial charge in [0.25, 0.3) is 0 Å². The Bertz CT molecular complexity index is 604. The van der Waals surface area contributed by atoms with Crippen molar-refractivity contribution in [2.45, 2.75) is 56.8 Å². The lowest BCUT2D eigenvalue weighted by atomic mass is 10.1. The Hall–Kier alpha value is -2.89. The van der Waals surface area contributed by atoms with E-state index >= 15 is 0 Å². The van der Waals surface area contributed by atoms with Gasteiger partial charge in [0.15, 0.2) is 5.96 Å². The number of carbonyl (C=O) groups is 4. The molecule has 9 N–H and O–H groups in total. The highest BCUT2D eigenvalue weighted by Crippen LogP contribution is 2.08. The lowest BCUT2D eigenvalue weighted by Crippen LogP contribution is -2.58. The molecular weight excluding hydrogens is 360 g/mol. The summed E-state index contributed by atoms with van der Waals surface area (Å²) in [5.41, 5.74) is 10.4. The number of amides is 3. The maximum absolute atomic E-state index is 12.4. The summed E-state index contributed by atoms with van der Waals surface area (Å²) >= 11 is 0. The third kappa shape index (κ3) is 7.48. The molecule has 0 spiro atoms. The van der Waals surface area contributed by atoms with Crippen molar-refractivity contribution in [2.75, 3.05) is 6.54 Å². The van der Waals surface area contributed by atoms with E-state index in [1.807, 2.05) is 0 Å². The molecule has 0 aliphatic carbocycles. The van der Waals surface area contributed by atoms with E-state index in [9.17, 15) is 29.4 Å². The number of hydrogen-bond donors (Lipinski definition) is 7. The predicted molar refractivity (Wildman–Crippen MR) is 94.3 cm³/mol. The zero-order valence-electron chi connectivity index (χ0n) is 15.0. The summed E-state index contributed by atoms with van der Waals surface area (Å²) < 4.78 is 0. The first-order valence-corrected chi connectivity index (χ1v) is 8.48. The fraction of sp³-hybridized carbons (Fsp3) is 0.667. The molecule has 4 unspecified atom stereocenters. The Labute approximate surface area is 155 Å². The van der Waals surface area contributed by atoms with Crippen molar-refractivity contribution in [3.8, 4) is 0 Å². The largest absolute Gasteiger partial charge is 0.480 e. The Kier molecular flexibility index (Phi) is 8.45. The SMILES string of the molecule is CC(O)C(NC(=O)C1CCC(=O)N1)C(=O)NC(CCCN=C(N)N)C(=O)O. The van der Waals surface area contributed by atoms with Crippen molar-refractivity contribution in [1.82, 2.24) is 16.0 Å². The molecule has 1 fully saturated rings. The number of aliphatic hydroxyl groups excluding tert-OH is 1. The molecule has 3 amide bonds. The van der Waals surface area contributed by atoms with E-state index in [0.29, 0.717) is 6.42 Å². The summed E-state index contributed by atoms with van der Waals surface area (Å²) in [5.74, 6) is -3.15. The second-order valence-corrected chi connectivity index (χ2v) is 6.23. The topological polar surface area (TPSA) is 209 Å². The summed E-state index contributed by atoms with van der Waals surface area (Å²) in [7, 11) is 0. The van der Waals surface area contributed by atoms with Gasteiger partial charge in [-0.15, -0.1) is 0 Å². The van der Waals surface area contributed by atoms with Gasteiger partial charge in [0.1, 0.15) is 18.1 Å². The molecule has 1 aliphatic heterocycles. The van der Waals surface area contributed by atoms with Gasteiger partial charge in [-0.25, -0.2) is 4.79 Å². The number of carboxylic acids is 1. The monoisotopic (exact) mass is 386 g/mol. The predicted octanol–water partition coefficient (Wildman–Crippen LogP) is -3.25. The van der Waals surface area contributed by atoms with Gasteiger partial charge in [0.05, 0.1) is 6.10 Å². The normalized spacial score (nSPS) is 19.3. The van der Waals surface area contributed by atoms with Gasteiger partial charge in [0.2, 0.25) is 17.7 Å². The van der Waals surface area contributed by atoms with Crippen molar-refractivity contribution >= 4 is 29.7 Å². The van der Waals surface area contributed by atoms with Gasteiger partial charge in [-0.05, 0) is 26.2 Å². The third-order valence-corrected chi connectivity index (χ3v) is 3.93. The molecule has 12 heteroatoms. The second kappa shape index (κ2) is 10.3. The highest BCUT2D eigenvalue weighted by atomic mass is 16.4. The molecule has 27 heavy (non-hydrogen) atoms. The Morgan fingerprint density at radius 1 is 1.33 bits per heavy atom. The number of hydrogen-bond acceptors (Lipinski definition) is 6. The molecule has 0 aromatic heterocycles. The van der Waals surface area contributed by atoms with Gasteiger partial charge < -0.3 is 37.6 Å². The smallest absolute Gasteiger partial charge is 0.326 e. The van der Waals surface area contributed by atoms with Crippen LogP contribution in [0.2, 0.25) is 0 Å². The van der Waals surface area contributed by atoms with E-state index in [2.05, 4.69) is 20.9 Å². The van der Waals surface area contributed by atoms with Gasteiger partial charge >= 0.3 is 5.97 Å². The van der Waals surface area contributed by atoms with E-state index in [4.69, 9.17) is 11.5 Å². The first kappa shape index (κ1) is 22.2. The number of nitrogens with zero attached hydrogens (tertiary/aromatic N) is 1. The van der Waals surface area contributed by atoms with E-state index in [1.165, 1.54) is 6.92 Å². The zero-order valence-corrected chi connectivity index (χ0v) is 15.0. The molecule has 152 valence electrons. The van der Waals surface area contributed by atoms with Crippen molar-refractivity contribution < 1.29 is 29.4 Å². The molecule has 1 rings (SSSR count). The molecule has 1 heterocycles. The van der Waals surface area contributed by atoms with Crippen LogP contribution in [0.25, 0.3) is 0 Å². The number of nitrogens with two attached hydrogens (primary N) is 2.